The lowest BCUT2D eigenvalue weighted by Gasteiger charge is -2.12. The molecule has 0 saturated heterocycles. The van der Waals surface area contributed by atoms with E-state index in [0.29, 0.717) is 11.4 Å². The Bertz CT molecular complexity index is 619. The van der Waals surface area contributed by atoms with Gasteiger partial charge in [-0.05, 0) is 40.2 Å². The van der Waals surface area contributed by atoms with E-state index < -0.39 is 12.3 Å². The Labute approximate surface area is 119 Å². The van der Waals surface area contributed by atoms with E-state index in [-0.39, 0.29) is 10.2 Å². The van der Waals surface area contributed by atoms with Crippen molar-refractivity contribution in [1.29, 1.82) is 0 Å². The molecule has 0 spiro atoms. The van der Waals surface area contributed by atoms with Crippen molar-refractivity contribution in [2.45, 2.75) is 6.36 Å². The molecule has 0 aliphatic heterocycles. The molecule has 0 bridgehead atoms. The minimum absolute atomic E-state index is 0.120. The normalized spacial score (nSPS) is 11.2. The number of anilines is 2. The quantitative estimate of drug-likeness (QED) is 0.647. The third-order valence-corrected chi connectivity index (χ3v) is 2.79. The zero-order valence-electron chi connectivity index (χ0n) is 9.71. The molecule has 0 aliphatic carbocycles. The van der Waals surface area contributed by atoms with Crippen molar-refractivity contribution in [3.63, 3.8) is 0 Å². The number of nitrogens with one attached hydrogen (secondary N) is 1. The highest BCUT2D eigenvalue weighted by Gasteiger charge is 2.31. The van der Waals surface area contributed by atoms with Crippen LogP contribution in [0.5, 0.6) is 5.75 Å². The highest BCUT2D eigenvalue weighted by atomic mass is 79.9. The number of nitrogens with zero attached hydrogens (tertiary/aromatic N) is 1. The van der Waals surface area contributed by atoms with Crippen LogP contribution in [0.2, 0.25) is 0 Å². The number of rotatable bonds is 3. The van der Waals surface area contributed by atoms with E-state index in [4.69, 9.17) is 0 Å². The summed E-state index contributed by atoms with van der Waals surface area (Å²) >= 11 is 2.98. The number of hydrogen-bond donors (Lipinski definition) is 1. The minimum Gasteiger partial charge on any atom is -0.405 e. The van der Waals surface area contributed by atoms with E-state index in [0.717, 1.165) is 12.1 Å². The maximum absolute atomic E-state index is 12.9. The molecular formula is C12H7BrF4N2O. The summed E-state index contributed by atoms with van der Waals surface area (Å²) in [5.74, 6) is -1.02. The SMILES string of the molecule is Fc1cc(Nc2ccc(OC(F)(F)F)c(Br)c2)ccn1. The standard InChI is InChI=1S/C12H7BrF4N2O/c13-9-5-7(1-2-10(9)20-12(15,16)17)19-8-3-4-18-11(14)6-8/h1-6H,(H,18,19). The Hall–Kier alpha value is -1.83. The molecule has 0 unspecified atom stereocenters. The first-order valence-corrected chi connectivity index (χ1v) is 6.07. The van der Waals surface area contributed by atoms with Crippen LogP contribution in [0, 0.1) is 5.95 Å². The first-order chi connectivity index (χ1) is 9.33. The molecule has 0 radical (unpaired) electrons. The zero-order chi connectivity index (χ0) is 14.8. The smallest absolute Gasteiger partial charge is 0.405 e. The molecule has 1 aromatic carbocycles. The van der Waals surface area contributed by atoms with Gasteiger partial charge in [0.2, 0.25) is 5.95 Å². The van der Waals surface area contributed by atoms with Gasteiger partial charge in [-0.3, -0.25) is 0 Å². The van der Waals surface area contributed by atoms with Crippen molar-refractivity contribution in [3.8, 4) is 5.75 Å². The topological polar surface area (TPSA) is 34.1 Å². The van der Waals surface area contributed by atoms with Crippen molar-refractivity contribution in [3.05, 3.63) is 46.9 Å². The van der Waals surface area contributed by atoms with Crippen LogP contribution >= 0.6 is 15.9 Å². The average Bonchev–Trinajstić information content (AvgIpc) is 2.31. The van der Waals surface area contributed by atoms with Gasteiger partial charge in [-0.25, -0.2) is 4.98 Å². The molecule has 0 fully saturated rings. The van der Waals surface area contributed by atoms with E-state index in [1.54, 1.807) is 0 Å². The second kappa shape index (κ2) is 5.66. The number of benzene rings is 1. The van der Waals surface area contributed by atoms with Crippen LogP contribution in [0.1, 0.15) is 0 Å². The van der Waals surface area contributed by atoms with Gasteiger partial charge in [0.25, 0.3) is 0 Å². The first kappa shape index (κ1) is 14.6. The molecule has 0 aliphatic rings. The van der Waals surface area contributed by atoms with Crippen LogP contribution in [0.25, 0.3) is 0 Å². The summed E-state index contributed by atoms with van der Waals surface area (Å²) in [7, 11) is 0. The van der Waals surface area contributed by atoms with Crippen LogP contribution in [-0.2, 0) is 0 Å². The third kappa shape index (κ3) is 4.09. The Kier molecular flexibility index (Phi) is 4.12. The number of alkyl halides is 3. The molecule has 1 N–H and O–H groups in total. The van der Waals surface area contributed by atoms with Crippen LogP contribution < -0.4 is 10.1 Å². The Morgan fingerprint density at radius 1 is 1.10 bits per heavy atom. The van der Waals surface area contributed by atoms with Gasteiger partial charge in [0.15, 0.2) is 0 Å². The molecule has 1 heterocycles. The van der Waals surface area contributed by atoms with Crippen LogP contribution in [0.3, 0.4) is 0 Å². The van der Waals surface area contributed by atoms with Gasteiger partial charge in [-0.15, -0.1) is 13.2 Å². The first-order valence-electron chi connectivity index (χ1n) is 5.27. The van der Waals surface area contributed by atoms with E-state index >= 15 is 0 Å². The predicted octanol–water partition coefficient (Wildman–Crippen LogP) is 4.63. The second-order valence-corrected chi connectivity index (χ2v) is 4.54. The van der Waals surface area contributed by atoms with Crippen LogP contribution in [0.4, 0.5) is 28.9 Å². The third-order valence-electron chi connectivity index (χ3n) is 2.17. The number of pyridine rings is 1. The summed E-state index contributed by atoms with van der Waals surface area (Å²) in [5.41, 5.74) is 0.894. The average molecular weight is 351 g/mol. The largest absolute Gasteiger partial charge is 0.573 e. The molecule has 1 aromatic heterocycles. The Morgan fingerprint density at radius 2 is 1.80 bits per heavy atom. The van der Waals surface area contributed by atoms with Gasteiger partial charge in [-0.1, -0.05) is 0 Å². The molecule has 0 atom stereocenters. The zero-order valence-corrected chi connectivity index (χ0v) is 11.3. The Balaban J connectivity index is 2.17. The van der Waals surface area contributed by atoms with Gasteiger partial charge in [-0.2, -0.15) is 4.39 Å². The summed E-state index contributed by atoms with van der Waals surface area (Å²) in [5, 5.41) is 2.83. The molecule has 2 aromatic rings. The number of halogens is 5. The maximum atomic E-state index is 12.9. The predicted molar refractivity (Wildman–Crippen MR) is 68.3 cm³/mol. The summed E-state index contributed by atoms with van der Waals surface area (Å²) in [4.78, 5) is 3.39. The molecule has 8 heteroatoms. The molecule has 3 nitrogen and oxygen atoms in total. The fraction of sp³-hybridized carbons (Fsp3) is 0.0833. The van der Waals surface area contributed by atoms with Crippen molar-refractivity contribution >= 4 is 27.3 Å². The molecule has 2 rings (SSSR count). The summed E-state index contributed by atoms with van der Waals surface area (Å²) in [6.45, 7) is 0. The minimum atomic E-state index is -4.76. The van der Waals surface area contributed by atoms with Gasteiger partial charge in [0, 0.05) is 23.6 Å². The maximum Gasteiger partial charge on any atom is 0.573 e. The van der Waals surface area contributed by atoms with Crippen LogP contribution in [-0.4, -0.2) is 11.3 Å². The van der Waals surface area contributed by atoms with E-state index in [1.807, 2.05) is 0 Å². The van der Waals surface area contributed by atoms with Crippen molar-refractivity contribution < 1.29 is 22.3 Å². The highest BCUT2D eigenvalue weighted by Crippen LogP contribution is 2.33. The van der Waals surface area contributed by atoms with Gasteiger partial charge < -0.3 is 10.1 Å². The number of hydrogen-bond acceptors (Lipinski definition) is 3. The van der Waals surface area contributed by atoms with E-state index in [1.165, 1.54) is 24.4 Å². The highest BCUT2D eigenvalue weighted by molar-refractivity contribution is 9.10. The van der Waals surface area contributed by atoms with Gasteiger partial charge >= 0.3 is 6.36 Å². The molecule has 0 saturated carbocycles. The second-order valence-electron chi connectivity index (χ2n) is 3.69. The lowest BCUT2D eigenvalue weighted by Crippen LogP contribution is -2.17. The summed E-state index contributed by atoms with van der Waals surface area (Å²) in [6.07, 6.45) is -3.49. The summed E-state index contributed by atoms with van der Waals surface area (Å²) in [6, 6.07) is 6.60. The number of ether oxygens (including phenoxy) is 1. The fourth-order valence-corrected chi connectivity index (χ4v) is 1.89. The van der Waals surface area contributed by atoms with E-state index in [9.17, 15) is 17.6 Å². The summed E-state index contributed by atoms with van der Waals surface area (Å²) < 4.78 is 53.1. The van der Waals surface area contributed by atoms with E-state index in [2.05, 4.69) is 31.0 Å². The van der Waals surface area contributed by atoms with Crippen molar-refractivity contribution in [2.75, 3.05) is 5.32 Å². The molecule has 20 heavy (non-hydrogen) atoms. The molecular weight excluding hydrogens is 344 g/mol. The number of aromatic nitrogens is 1. The molecule has 106 valence electrons. The van der Waals surface area contributed by atoms with Crippen molar-refractivity contribution in [1.82, 2.24) is 4.98 Å². The fourth-order valence-electron chi connectivity index (χ4n) is 1.43. The Morgan fingerprint density at radius 3 is 2.40 bits per heavy atom. The van der Waals surface area contributed by atoms with Crippen molar-refractivity contribution in [2.24, 2.45) is 0 Å². The van der Waals surface area contributed by atoms with Gasteiger partial charge in [0.1, 0.15) is 5.75 Å². The monoisotopic (exact) mass is 350 g/mol. The van der Waals surface area contributed by atoms with Crippen LogP contribution in [0.15, 0.2) is 41.0 Å². The van der Waals surface area contributed by atoms with Gasteiger partial charge in [0.05, 0.1) is 4.47 Å². The lowest BCUT2D eigenvalue weighted by molar-refractivity contribution is -0.274. The lowest BCUT2D eigenvalue weighted by atomic mass is 10.3. The molecule has 0 amide bonds.